The van der Waals surface area contributed by atoms with Crippen molar-refractivity contribution in [2.24, 2.45) is 0 Å². The standard InChI is InChI=1S/C20H20N2O4/c1-3-24-16-6-7-18-14(10-16)9-15-11-22(12-17-5-4-8-25-17)20(23)13(2)26-19(15)21-18/h4-10,13H,3,11-12H2,1-2H3/t13-/m0/s1. The molecule has 0 fully saturated rings. The maximum absolute atomic E-state index is 12.7. The average molecular weight is 352 g/mol. The summed E-state index contributed by atoms with van der Waals surface area (Å²) < 4.78 is 16.8. The molecule has 0 spiro atoms. The second-order valence-electron chi connectivity index (χ2n) is 6.27. The number of hydrogen-bond donors (Lipinski definition) is 0. The Bertz CT molecular complexity index is 936. The lowest BCUT2D eigenvalue weighted by molar-refractivity contribution is -0.138. The van der Waals surface area contributed by atoms with E-state index in [1.165, 1.54) is 0 Å². The van der Waals surface area contributed by atoms with Gasteiger partial charge in [-0.25, -0.2) is 4.98 Å². The first-order valence-electron chi connectivity index (χ1n) is 8.68. The van der Waals surface area contributed by atoms with Gasteiger partial charge in [-0.15, -0.1) is 0 Å². The molecule has 0 saturated carbocycles. The molecule has 0 saturated heterocycles. The van der Waals surface area contributed by atoms with Gasteiger partial charge in [0.25, 0.3) is 5.91 Å². The molecule has 0 unspecified atom stereocenters. The third-order valence-corrected chi connectivity index (χ3v) is 4.37. The predicted molar refractivity (Wildman–Crippen MR) is 96.0 cm³/mol. The zero-order valence-electron chi connectivity index (χ0n) is 14.8. The smallest absolute Gasteiger partial charge is 0.264 e. The summed E-state index contributed by atoms with van der Waals surface area (Å²) in [6.07, 6.45) is 1.01. The van der Waals surface area contributed by atoms with Crippen molar-refractivity contribution in [2.75, 3.05) is 6.61 Å². The van der Waals surface area contributed by atoms with Crippen LogP contribution < -0.4 is 9.47 Å². The Hall–Kier alpha value is -3.02. The molecule has 1 aromatic carbocycles. The van der Waals surface area contributed by atoms with Gasteiger partial charge in [0.1, 0.15) is 11.5 Å². The number of pyridine rings is 1. The Balaban J connectivity index is 1.72. The molecule has 6 heteroatoms. The highest BCUT2D eigenvalue weighted by molar-refractivity contribution is 5.84. The zero-order chi connectivity index (χ0) is 18.1. The van der Waals surface area contributed by atoms with E-state index in [1.807, 2.05) is 43.3 Å². The van der Waals surface area contributed by atoms with Crippen LogP contribution in [0.25, 0.3) is 10.9 Å². The molecule has 4 rings (SSSR count). The van der Waals surface area contributed by atoms with Crippen LogP contribution in [0.4, 0.5) is 0 Å². The Morgan fingerprint density at radius 2 is 2.19 bits per heavy atom. The minimum absolute atomic E-state index is 0.0848. The van der Waals surface area contributed by atoms with Crippen molar-refractivity contribution < 1.29 is 18.7 Å². The van der Waals surface area contributed by atoms with Gasteiger partial charge in [-0.2, -0.15) is 0 Å². The third kappa shape index (κ3) is 3.10. The first kappa shape index (κ1) is 16.4. The molecule has 134 valence electrons. The molecule has 1 atom stereocenters. The molecule has 1 amide bonds. The van der Waals surface area contributed by atoms with Crippen molar-refractivity contribution in [3.05, 3.63) is 54.0 Å². The van der Waals surface area contributed by atoms with Crippen molar-refractivity contribution in [3.63, 3.8) is 0 Å². The van der Waals surface area contributed by atoms with E-state index in [0.717, 1.165) is 28.0 Å². The molecular formula is C20H20N2O4. The minimum atomic E-state index is -0.598. The summed E-state index contributed by atoms with van der Waals surface area (Å²) >= 11 is 0. The van der Waals surface area contributed by atoms with Gasteiger partial charge in [-0.1, -0.05) is 0 Å². The fourth-order valence-corrected chi connectivity index (χ4v) is 3.14. The normalized spacial score (nSPS) is 16.9. The molecule has 0 aliphatic carbocycles. The number of hydrogen-bond acceptors (Lipinski definition) is 5. The number of nitrogens with zero attached hydrogens (tertiary/aromatic N) is 2. The van der Waals surface area contributed by atoms with Gasteiger partial charge in [0.05, 0.1) is 31.5 Å². The number of rotatable bonds is 4. The number of fused-ring (bicyclic) bond motifs is 2. The molecule has 3 heterocycles. The lowest BCUT2D eigenvalue weighted by Gasteiger charge is -2.20. The fraction of sp³-hybridized carbons (Fsp3) is 0.300. The molecule has 0 bridgehead atoms. The lowest BCUT2D eigenvalue weighted by atomic mass is 10.1. The SMILES string of the molecule is CCOc1ccc2nc3c(cc2c1)CN(Cc1ccco1)C(=O)[C@H](C)O3. The molecule has 26 heavy (non-hydrogen) atoms. The Labute approximate surface area is 151 Å². The quantitative estimate of drug-likeness (QED) is 0.719. The number of aromatic nitrogens is 1. The largest absolute Gasteiger partial charge is 0.494 e. The van der Waals surface area contributed by atoms with Gasteiger partial charge in [-0.3, -0.25) is 4.79 Å². The second kappa shape index (κ2) is 6.71. The lowest BCUT2D eigenvalue weighted by Crippen LogP contribution is -2.37. The van der Waals surface area contributed by atoms with E-state index < -0.39 is 6.10 Å². The van der Waals surface area contributed by atoms with E-state index >= 15 is 0 Å². The Morgan fingerprint density at radius 3 is 2.96 bits per heavy atom. The number of furan rings is 1. The van der Waals surface area contributed by atoms with E-state index in [9.17, 15) is 4.79 Å². The number of amides is 1. The topological polar surface area (TPSA) is 64.8 Å². The van der Waals surface area contributed by atoms with Crippen LogP contribution in [-0.2, 0) is 17.9 Å². The maximum Gasteiger partial charge on any atom is 0.264 e. The summed E-state index contributed by atoms with van der Waals surface area (Å²) in [6, 6.07) is 11.4. The highest BCUT2D eigenvalue weighted by Crippen LogP contribution is 2.30. The molecule has 1 aliphatic rings. The van der Waals surface area contributed by atoms with Gasteiger partial charge < -0.3 is 18.8 Å². The molecule has 6 nitrogen and oxygen atoms in total. The van der Waals surface area contributed by atoms with Crippen LogP contribution in [0.5, 0.6) is 11.6 Å². The minimum Gasteiger partial charge on any atom is -0.494 e. The van der Waals surface area contributed by atoms with E-state index in [4.69, 9.17) is 13.9 Å². The van der Waals surface area contributed by atoms with Crippen molar-refractivity contribution in [1.82, 2.24) is 9.88 Å². The average Bonchev–Trinajstić information content (AvgIpc) is 3.10. The van der Waals surface area contributed by atoms with Crippen LogP contribution in [0.15, 0.2) is 47.1 Å². The molecular weight excluding hydrogens is 332 g/mol. The highest BCUT2D eigenvalue weighted by Gasteiger charge is 2.29. The molecule has 1 aliphatic heterocycles. The van der Waals surface area contributed by atoms with Crippen molar-refractivity contribution >= 4 is 16.8 Å². The highest BCUT2D eigenvalue weighted by atomic mass is 16.5. The van der Waals surface area contributed by atoms with Crippen LogP contribution in [0.1, 0.15) is 25.2 Å². The van der Waals surface area contributed by atoms with Gasteiger partial charge in [0.2, 0.25) is 5.88 Å². The predicted octanol–water partition coefficient (Wildman–Crippen LogP) is 3.54. The van der Waals surface area contributed by atoms with E-state index in [-0.39, 0.29) is 5.91 Å². The second-order valence-corrected chi connectivity index (χ2v) is 6.27. The van der Waals surface area contributed by atoms with Gasteiger partial charge in [-0.05, 0) is 50.2 Å². The summed E-state index contributed by atoms with van der Waals surface area (Å²) in [5.74, 6) is 1.96. The summed E-state index contributed by atoms with van der Waals surface area (Å²) in [4.78, 5) is 19.0. The summed E-state index contributed by atoms with van der Waals surface area (Å²) in [7, 11) is 0. The molecule has 3 aromatic rings. The Morgan fingerprint density at radius 1 is 1.31 bits per heavy atom. The first-order chi connectivity index (χ1) is 12.6. The van der Waals surface area contributed by atoms with Gasteiger partial charge >= 0.3 is 0 Å². The van der Waals surface area contributed by atoms with Gasteiger partial charge in [0, 0.05) is 10.9 Å². The number of carbonyl (C=O) groups excluding carboxylic acids is 1. The van der Waals surface area contributed by atoms with E-state index in [0.29, 0.717) is 25.6 Å². The van der Waals surface area contributed by atoms with Crippen LogP contribution >= 0.6 is 0 Å². The van der Waals surface area contributed by atoms with E-state index in [1.54, 1.807) is 18.1 Å². The Kier molecular flexibility index (Phi) is 4.24. The maximum atomic E-state index is 12.7. The fourth-order valence-electron chi connectivity index (χ4n) is 3.14. The van der Waals surface area contributed by atoms with Crippen LogP contribution in [0, 0.1) is 0 Å². The van der Waals surface area contributed by atoms with Crippen molar-refractivity contribution in [3.8, 4) is 11.6 Å². The number of ether oxygens (including phenoxy) is 2. The summed E-state index contributed by atoms with van der Waals surface area (Å²) in [5.41, 5.74) is 1.68. The van der Waals surface area contributed by atoms with Crippen LogP contribution in [-0.4, -0.2) is 28.5 Å². The van der Waals surface area contributed by atoms with Gasteiger partial charge in [0.15, 0.2) is 6.10 Å². The first-order valence-corrected chi connectivity index (χ1v) is 8.68. The third-order valence-electron chi connectivity index (χ3n) is 4.37. The van der Waals surface area contributed by atoms with E-state index in [2.05, 4.69) is 4.98 Å². The molecule has 2 aromatic heterocycles. The number of carbonyl (C=O) groups is 1. The number of benzene rings is 1. The van der Waals surface area contributed by atoms with Crippen molar-refractivity contribution in [2.45, 2.75) is 33.0 Å². The zero-order valence-corrected chi connectivity index (χ0v) is 14.8. The van der Waals surface area contributed by atoms with Crippen molar-refractivity contribution in [1.29, 1.82) is 0 Å². The monoisotopic (exact) mass is 352 g/mol. The van der Waals surface area contributed by atoms with Crippen LogP contribution in [0.2, 0.25) is 0 Å². The molecule has 0 radical (unpaired) electrons. The summed E-state index contributed by atoms with van der Waals surface area (Å²) in [5, 5.41) is 0.957. The van der Waals surface area contributed by atoms with Crippen LogP contribution in [0.3, 0.4) is 0 Å². The molecule has 0 N–H and O–H groups in total. The summed E-state index contributed by atoms with van der Waals surface area (Å²) in [6.45, 7) is 5.12.